The summed E-state index contributed by atoms with van der Waals surface area (Å²) < 4.78 is 0. The number of anilines is 3. The summed E-state index contributed by atoms with van der Waals surface area (Å²) in [6.45, 7) is 4.68. The number of rotatable bonds is 8. The average molecular weight is 594 g/mol. The molecule has 224 valence electrons. The van der Waals surface area contributed by atoms with Crippen molar-refractivity contribution in [3.63, 3.8) is 0 Å². The lowest BCUT2D eigenvalue weighted by Crippen LogP contribution is -2.24. The van der Waals surface area contributed by atoms with Crippen molar-refractivity contribution in [3.05, 3.63) is 163 Å². The van der Waals surface area contributed by atoms with Crippen molar-refractivity contribution >= 4 is 38.6 Å². The molecule has 0 unspecified atom stereocenters. The van der Waals surface area contributed by atoms with Crippen LogP contribution in [0.1, 0.15) is 50.7 Å². The zero-order valence-electron chi connectivity index (χ0n) is 26.7. The van der Waals surface area contributed by atoms with Crippen LogP contribution in [-0.4, -0.2) is 0 Å². The minimum atomic E-state index is 0.0668. The van der Waals surface area contributed by atoms with E-state index in [1.165, 1.54) is 86.3 Å². The van der Waals surface area contributed by atoms with Crippen molar-refractivity contribution in [2.75, 3.05) is 4.90 Å². The first-order valence-corrected chi connectivity index (χ1v) is 16.8. The second-order valence-corrected chi connectivity index (χ2v) is 12.8. The van der Waals surface area contributed by atoms with E-state index in [1.807, 2.05) is 0 Å². The first kappa shape index (κ1) is 28.3. The van der Waals surface area contributed by atoms with Crippen LogP contribution in [0.2, 0.25) is 0 Å². The molecule has 1 nitrogen and oxygen atoms in total. The Morgan fingerprint density at radius 3 is 1.91 bits per heavy atom. The second-order valence-electron chi connectivity index (χ2n) is 12.8. The van der Waals surface area contributed by atoms with E-state index in [1.54, 1.807) is 0 Å². The normalized spacial score (nSPS) is 13.1. The Labute approximate surface area is 272 Å². The van der Waals surface area contributed by atoms with Crippen LogP contribution in [0.15, 0.2) is 152 Å². The number of hydrogen-bond acceptors (Lipinski definition) is 1. The van der Waals surface area contributed by atoms with Crippen molar-refractivity contribution in [1.82, 2.24) is 0 Å². The molecule has 1 aliphatic rings. The highest BCUT2D eigenvalue weighted by Crippen LogP contribution is 2.55. The van der Waals surface area contributed by atoms with Crippen LogP contribution in [0.4, 0.5) is 17.1 Å². The maximum atomic E-state index is 2.56. The highest BCUT2D eigenvalue weighted by molar-refractivity contribution is 6.14. The summed E-state index contributed by atoms with van der Waals surface area (Å²) >= 11 is 0. The lowest BCUT2D eigenvalue weighted by molar-refractivity contribution is 0.436. The van der Waals surface area contributed by atoms with Crippen LogP contribution >= 0.6 is 0 Å². The Balaban J connectivity index is 1.36. The molecule has 0 heterocycles. The van der Waals surface area contributed by atoms with E-state index < -0.39 is 0 Å². The van der Waals surface area contributed by atoms with Crippen LogP contribution in [-0.2, 0) is 5.41 Å². The molecule has 0 aromatic heterocycles. The molecule has 8 rings (SSSR count). The summed E-state index contributed by atoms with van der Waals surface area (Å²) in [7, 11) is 0. The molecule has 46 heavy (non-hydrogen) atoms. The fraction of sp³-hybridized carbons (Fsp3) is 0.156. The van der Waals surface area contributed by atoms with Gasteiger partial charge < -0.3 is 4.90 Å². The van der Waals surface area contributed by atoms with Gasteiger partial charge in [-0.05, 0) is 105 Å². The summed E-state index contributed by atoms with van der Waals surface area (Å²) in [6.07, 6.45) is 4.68. The SMILES string of the molecule is CCCC1(CCC)c2ccccc2-c2cc3ccc4c(N(c5ccccc5)c5cccc(-c6ccccc6)c5)cccc4c3cc21. The van der Waals surface area contributed by atoms with E-state index in [9.17, 15) is 0 Å². The number of benzene rings is 7. The van der Waals surface area contributed by atoms with Gasteiger partial charge in [-0.3, -0.25) is 0 Å². The standard InChI is InChI=1S/C45H39N/c1-3-27-45(28-4-2)42-23-12-11-21-38(42)41-30-34-25-26-39-37(40(34)31-43(41)45)22-14-24-44(39)46(35-18-9-6-10-19-35)36-20-13-17-33(29-36)32-15-7-5-8-16-32/h5-26,29-31H,3-4,27-28H2,1-2H3. The quantitative estimate of drug-likeness (QED) is 0.158. The zero-order chi connectivity index (χ0) is 31.1. The van der Waals surface area contributed by atoms with Crippen molar-refractivity contribution < 1.29 is 0 Å². The van der Waals surface area contributed by atoms with Crippen molar-refractivity contribution in [2.45, 2.75) is 44.9 Å². The van der Waals surface area contributed by atoms with Crippen LogP contribution in [0.5, 0.6) is 0 Å². The third-order valence-corrected chi connectivity index (χ3v) is 10.1. The molecule has 0 fully saturated rings. The molecule has 0 amide bonds. The predicted octanol–water partition coefficient (Wildman–Crippen LogP) is 13.0. The molecule has 0 spiro atoms. The Bertz CT molecular complexity index is 2170. The van der Waals surface area contributed by atoms with E-state index in [-0.39, 0.29) is 5.41 Å². The van der Waals surface area contributed by atoms with Crippen molar-refractivity contribution in [1.29, 1.82) is 0 Å². The summed E-state index contributed by atoms with van der Waals surface area (Å²) in [4.78, 5) is 2.42. The third-order valence-electron chi connectivity index (χ3n) is 10.1. The minimum absolute atomic E-state index is 0.0668. The van der Waals surface area contributed by atoms with Crippen LogP contribution in [0, 0.1) is 0 Å². The number of nitrogens with zero attached hydrogens (tertiary/aromatic N) is 1. The maximum Gasteiger partial charge on any atom is 0.0540 e. The Morgan fingerprint density at radius 2 is 1.13 bits per heavy atom. The molecule has 1 aliphatic carbocycles. The molecular weight excluding hydrogens is 555 g/mol. The fourth-order valence-corrected chi connectivity index (χ4v) is 8.19. The van der Waals surface area contributed by atoms with Crippen molar-refractivity contribution in [3.8, 4) is 22.3 Å². The molecular formula is C45H39N. The predicted molar refractivity (Wildman–Crippen MR) is 198 cm³/mol. The topological polar surface area (TPSA) is 3.24 Å². The number of para-hydroxylation sites is 1. The Hall–Kier alpha value is -5.14. The molecule has 0 bridgehead atoms. The maximum absolute atomic E-state index is 2.56. The molecule has 1 heteroatoms. The van der Waals surface area contributed by atoms with E-state index in [0.717, 1.165) is 11.4 Å². The van der Waals surface area contributed by atoms with Crippen molar-refractivity contribution in [2.24, 2.45) is 0 Å². The fourth-order valence-electron chi connectivity index (χ4n) is 8.19. The third kappa shape index (κ3) is 4.53. The van der Waals surface area contributed by atoms with Gasteiger partial charge in [0.25, 0.3) is 0 Å². The lowest BCUT2D eigenvalue weighted by atomic mass is 9.71. The summed E-state index contributed by atoms with van der Waals surface area (Å²) in [6, 6.07) is 56.1. The molecule has 7 aromatic carbocycles. The molecule has 7 aromatic rings. The largest absolute Gasteiger partial charge is 0.310 e. The Kier molecular flexibility index (Phi) is 7.18. The summed E-state index contributed by atoms with van der Waals surface area (Å²) in [5.41, 5.74) is 11.9. The minimum Gasteiger partial charge on any atom is -0.310 e. The molecule has 0 radical (unpaired) electrons. The molecule has 0 saturated carbocycles. The highest BCUT2D eigenvalue weighted by Gasteiger charge is 2.41. The van der Waals surface area contributed by atoms with Gasteiger partial charge in [-0.2, -0.15) is 0 Å². The molecule has 0 N–H and O–H groups in total. The molecule has 0 atom stereocenters. The molecule has 0 saturated heterocycles. The monoisotopic (exact) mass is 593 g/mol. The smallest absolute Gasteiger partial charge is 0.0540 e. The first-order chi connectivity index (χ1) is 22.7. The second kappa shape index (κ2) is 11.7. The molecule has 0 aliphatic heterocycles. The van der Waals surface area contributed by atoms with Crippen LogP contribution in [0.25, 0.3) is 43.8 Å². The summed E-state index contributed by atoms with van der Waals surface area (Å²) in [5, 5.41) is 5.21. The van der Waals surface area contributed by atoms with E-state index in [0.29, 0.717) is 0 Å². The lowest BCUT2D eigenvalue weighted by Gasteiger charge is -2.32. The zero-order valence-corrected chi connectivity index (χ0v) is 26.7. The number of hydrogen-bond donors (Lipinski definition) is 0. The average Bonchev–Trinajstić information content (AvgIpc) is 3.37. The highest BCUT2D eigenvalue weighted by atomic mass is 15.1. The van der Waals surface area contributed by atoms with Gasteiger partial charge in [0.15, 0.2) is 0 Å². The first-order valence-electron chi connectivity index (χ1n) is 16.8. The van der Waals surface area contributed by atoms with Gasteiger partial charge in [-0.1, -0.05) is 136 Å². The van der Waals surface area contributed by atoms with Gasteiger partial charge in [-0.15, -0.1) is 0 Å². The van der Waals surface area contributed by atoms with Gasteiger partial charge >= 0.3 is 0 Å². The Morgan fingerprint density at radius 1 is 0.457 bits per heavy atom. The van der Waals surface area contributed by atoms with Crippen LogP contribution in [0.3, 0.4) is 0 Å². The van der Waals surface area contributed by atoms with Crippen LogP contribution < -0.4 is 4.90 Å². The van der Waals surface area contributed by atoms with Gasteiger partial charge in [0.1, 0.15) is 0 Å². The summed E-state index contributed by atoms with van der Waals surface area (Å²) in [5.74, 6) is 0. The van der Waals surface area contributed by atoms with Gasteiger partial charge in [-0.25, -0.2) is 0 Å². The van der Waals surface area contributed by atoms with E-state index in [4.69, 9.17) is 0 Å². The van der Waals surface area contributed by atoms with Gasteiger partial charge in [0.05, 0.1) is 5.69 Å². The van der Waals surface area contributed by atoms with Gasteiger partial charge in [0.2, 0.25) is 0 Å². The van der Waals surface area contributed by atoms with E-state index in [2.05, 4.69) is 170 Å². The van der Waals surface area contributed by atoms with Gasteiger partial charge in [0, 0.05) is 22.2 Å². The number of fused-ring (bicyclic) bond motifs is 6. The van der Waals surface area contributed by atoms with E-state index >= 15 is 0 Å².